The SMILES string of the molecule is O=C(CCc1ccc(C(=O)O)cc1)NCCC1CCCC1. The van der Waals surface area contributed by atoms with Gasteiger partial charge in [0, 0.05) is 13.0 Å². The summed E-state index contributed by atoms with van der Waals surface area (Å²) >= 11 is 0. The number of benzene rings is 1. The van der Waals surface area contributed by atoms with E-state index in [0.29, 0.717) is 12.8 Å². The van der Waals surface area contributed by atoms with Gasteiger partial charge in [0.15, 0.2) is 0 Å². The molecule has 1 fully saturated rings. The van der Waals surface area contributed by atoms with Gasteiger partial charge in [-0.25, -0.2) is 4.79 Å². The highest BCUT2D eigenvalue weighted by molar-refractivity contribution is 5.87. The number of nitrogens with one attached hydrogen (secondary N) is 1. The molecule has 0 saturated heterocycles. The zero-order valence-electron chi connectivity index (χ0n) is 12.3. The molecule has 0 bridgehead atoms. The first-order chi connectivity index (χ1) is 10.1. The van der Waals surface area contributed by atoms with Crippen molar-refractivity contribution >= 4 is 11.9 Å². The van der Waals surface area contributed by atoms with E-state index in [4.69, 9.17) is 5.11 Å². The van der Waals surface area contributed by atoms with E-state index >= 15 is 0 Å². The molecule has 1 saturated carbocycles. The van der Waals surface area contributed by atoms with Gasteiger partial charge in [-0.05, 0) is 36.5 Å². The number of amides is 1. The molecule has 1 amide bonds. The minimum Gasteiger partial charge on any atom is -0.478 e. The van der Waals surface area contributed by atoms with Crippen molar-refractivity contribution in [3.63, 3.8) is 0 Å². The molecule has 0 spiro atoms. The fraction of sp³-hybridized carbons (Fsp3) is 0.529. The van der Waals surface area contributed by atoms with E-state index in [1.54, 1.807) is 24.3 Å². The second-order valence-corrected chi connectivity index (χ2v) is 5.79. The van der Waals surface area contributed by atoms with Crippen LogP contribution in [-0.2, 0) is 11.2 Å². The van der Waals surface area contributed by atoms with Gasteiger partial charge in [-0.3, -0.25) is 4.79 Å². The van der Waals surface area contributed by atoms with Crippen molar-refractivity contribution in [2.75, 3.05) is 6.54 Å². The van der Waals surface area contributed by atoms with Crippen molar-refractivity contribution in [3.05, 3.63) is 35.4 Å². The third kappa shape index (κ3) is 5.21. The van der Waals surface area contributed by atoms with E-state index in [9.17, 15) is 9.59 Å². The maximum Gasteiger partial charge on any atom is 0.335 e. The largest absolute Gasteiger partial charge is 0.478 e. The molecule has 0 unspecified atom stereocenters. The van der Waals surface area contributed by atoms with Gasteiger partial charge in [-0.15, -0.1) is 0 Å². The van der Waals surface area contributed by atoms with Gasteiger partial charge in [-0.2, -0.15) is 0 Å². The van der Waals surface area contributed by atoms with Gasteiger partial charge in [0.2, 0.25) is 5.91 Å². The molecular formula is C17H23NO3. The number of hydrogen-bond donors (Lipinski definition) is 2. The Kier molecular flexibility index (Phi) is 5.78. The van der Waals surface area contributed by atoms with Crippen LogP contribution in [0.1, 0.15) is 54.4 Å². The summed E-state index contributed by atoms with van der Waals surface area (Å²) in [5.41, 5.74) is 1.27. The summed E-state index contributed by atoms with van der Waals surface area (Å²) in [4.78, 5) is 22.5. The van der Waals surface area contributed by atoms with Crippen LogP contribution in [0, 0.1) is 5.92 Å². The number of carboxylic acid groups (broad SMARTS) is 1. The Morgan fingerprint density at radius 1 is 1.14 bits per heavy atom. The summed E-state index contributed by atoms with van der Waals surface area (Å²) in [6.45, 7) is 0.779. The summed E-state index contributed by atoms with van der Waals surface area (Å²) < 4.78 is 0. The van der Waals surface area contributed by atoms with Gasteiger partial charge in [-0.1, -0.05) is 37.8 Å². The normalized spacial score (nSPS) is 15.0. The molecule has 0 atom stereocenters. The summed E-state index contributed by atoms with van der Waals surface area (Å²) in [7, 11) is 0. The zero-order valence-corrected chi connectivity index (χ0v) is 12.3. The molecule has 0 heterocycles. The van der Waals surface area contributed by atoms with E-state index in [1.165, 1.54) is 25.7 Å². The van der Waals surface area contributed by atoms with Crippen LogP contribution in [0.25, 0.3) is 0 Å². The lowest BCUT2D eigenvalue weighted by molar-refractivity contribution is -0.121. The zero-order chi connectivity index (χ0) is 15.1. The molecule has 0 radical (unpaired) electrons. The molecule has 2 N–H and O–H groups in total. The predicted octanol–water partition coefficient (Wildman–Crippen LogP) is 3.01. The van der Waals surface area contributed by atoms with E-state index < -0.39 is 5.97 Å². The average Bonchev–Trinajstić information content (AvgIpc) is 2.99. The van der Waals surface area contributed by atoms with Crippen LogP contribution in [0.3, 0.4) is 0 Å². The van der Waals surface area contributed by atoms with Crippen LogP contribution in [0.4, 0.5) is 0 Å². The highest BCUT2D eigenvalue weighted by atomic mass is 16.4. The quantitative estimate of drug-likeness (QED) is 0.811. The smallest absolute Gasteiger partial charge is 0.335 e. The minimum absolute atomic E-state index is 0.0790. The number of aryl methyl sites for hydroxylation is 1. The van der Waals surface area contributed by atoms with Crippen molar-refractivity contribution in [1.82, 2.24) is 5.32 Å². The van der Waals surface area contributed by atoms with Crippen LogP contribution < -0.4 is 5.32 Å². The number of hydrogen-bond acceptors (Lipinski definition) is 2. The van der Waals surface area contributed by atoms with Crippen molar-refractivity contribution < 1.29 is 14.7 Å². The van der Waals surface area contributed by atoms with E-state index in [-0.39, 0.29) is 11.5 Å². The Bertz CT molecular complexity index is 475. The van der Waals surface area contributed by atoms with Crippen molar-refractivity contribution in [1.29, 1.82) is 0 Å². The Labute approximate surface area is 125 Å². The number of carbonyl (C=O) groups excluding carboxylic acids is 1. The molecule has 21 heavy (non-hydrogen) atoms. The molecule has 4 nitrogen and oxygen atoms in total. The van der Waals surface area contributed by atoms with Gasteiger partial charge >= 0.3 is 5.97 Å². The summed E-state index contributed by atoms with van der Waals surface area (Å²) in [5, 5.41) is 11.8. The Morgan fingerprint density at radius 2 is 1.81 bits per heavy atom. The van der Waals surface area contributed by atoms with E-state index in [0.717, 1.165) is 24.4 Å². The molecule has 1 aromatic carbocycles. The van der Waals surface area contributed by atoms with Crippen molar-refractivity contribution in [3.8, 4) is 0 Å². The monoisotopic (exact) mass is 289 g/mol. The number of carbonyl (C=O) groups is 2. The number of carboxylic acids is 1. The lowest BCUT2D eigenvalue weighted by Gasteiger charge is -2.09. The minimum atomic E-state index is -0.925. The molecule has 1 aliphatic rings. The molecule has 4 heteroatoms. The van der Waals surface area contributed by atoms with Crippen LogP contribution in [0.5, 0.6) is 0 Å². The molecule has 1 aliphatic carbocycles. The van der Waals surface area contributed by atoms with Gasteiger partial charge in [0.25, 0.3) is 0 Å². The maximum absolute atomic E-state index is 11.8. The second kappa shape index (κ2) is 7.81. The molecular weight excluding hydrogens is 266 g/mol. The average molecular weight is 289 g/mol. The van der Waals surface area contributed by atoms with Gasteiger partial charge in [0.05, 0.1) is 5.56 Å². The van der Waals surface area contributed by atoms with Crippen molar-refractivity contribution in [2.24, 2.45) is 5.92 Å². The third-order valence-corrected chi connectivity index (χ3v) is 4.19. The second-order valence-electron chi connectivity index (χ2n) is 5.79. The van der Waals surface area contributed by atoms with E-state index in [1.807, 2.05) is 0 Å². The summed E-state index contributed by atoms with van der Waals surface area (Å²) in [6.07, 6.45) is 7.50. The molecule has 1 aromatic rings. The Balaban J connectivity index is 1.64. The summed E-state index contributed by atoms with van der Waals surface area (Å²) in [6, 6.07) is 6.70. The van der Waals surface area contributed by atoms with Crippen LogP contribution in [-0.4, -0.2) is 23.5 Å². The van der Waals surface area contributed by atoms with Crippen LogP contribution >= 0.6 is 0 Å². The number of aromatic carboxylic acids is 1. The standard InChI is InChI=1S/C17H23NO3/c19-16(18-12-11-13-3-1-2-4-13)10-7-14-5-8-15(9-6-14)17(20)21/h5-6,8-9,13H,1-4,7,10-12H2,(H,18,19)(H,20,21). The molecule has 114 valence electrons. The van der Waals surface area contributed by atoms with Gasteiger partial charge in [0.1, 0.15) is 0 Å². The van der Waals surface area contributed by atoms with Crippen molar-refractivity contribution in [2.45, 2.75) is 44.9 Å². The highest BCUT2D eigenvalue weighted by Gasteiger charge is 2.14. The third-order valence-electron chi connectivity index (χ3n) is 4.19. The molecule has 2 rings (SSSR count). The lowest BCUT2D eigenvalue weighted by atomic mass is 10.0. The highest BCUT2D eigenvalue weighted by Crippen LogP contribution is 2.26. The summed E-state index contributed by atoms with van der Waals surface area (Å²) in [5.74, 6) is -0.0459. The van der Waals surface area contributed by atoms with Gasteiger partial charge < -0.3 is 10.4 Å². The first-order valence-corrected chi connectivity index (χ1v) is 7.74. The Hall–Kier alpha value is -1.84. The number of rotatable bonds is 7. The van der Waals surface area contributed by atoms with Crippen LogP contribution in [0.15, 0.2) is 24.3 Å². The fourth-order valence-corrected chi connectivity index (χ4v) is 2.87. The first-order valence-electron chi connectivity index (χ1n) is 7.74. The molecule has 0 aliphatic heterocycles. The molecule has 0 aromatic heterocycles. The van der Waals surface area contributed by atoms with Crippen LogP contribution in [0.2, 0.25) is 0 Å². The lowest BCUT2D eigenvalue weighted by Crippen LogP contribution is -2.25. The maximum atomic E-state index is 11.8. The van der Waals surface area contributed by atoms with E-state index in [2.05, 4.69) is 5.32 Å². The predicted molar refractivity (Wildman–Crippen MR) is 81.3 cm³/mol. The Morgan fingerprint density at radius 3 is 2.43 bits per heavy atom. The fourth-order valence-electron chi connectivity index (χ4n) is 2.87. The first kappa shape index (κ1) is 15.5. The topological polar surface area (TPSA) is 66.4 Å².